The zero-order valence-corrected chi connectivity index (χ0v) is 22.3. The lowest BCUT2D eigenvalue weighted by Gasteiger charge is -2.38. The molecule has 166 valence electrons. The average molecular weight is 455 g/mol. The van der Waals surface area contributed by atoms with Gasteiger partial charge in [-0.3, -0.25) is 0 Å². The first kappa shape index (κ1) is 26.8. The average Bonchev–Trinajstić information content (AvgIpc) is 2.65. The number of hydrogen-bond donors (Lipinski definition) is 0. The van der Waals surface area contributed by atoms with Crippen molar-refractivity contribution < 1.29 is 9.16 Å². The molecule has 1 atom stereocenters. The largest absolute Gasteiger partial charge is 0.416 e. The maximum atomic E-state index is 6.60. The van der Waals surface area contributed by atoms with E-state index in [1.54, 1.807) is 0 Å². The summed E-state index contributed by atoms with van der Waals surface area (Å²) in [5, 5.41) is 0.221. The Labute approximate surface area is 189 Å². The van der Waals surface area contributed by atoms with E-state index < -0.39 is 8.32 Å². The Kier molecular flexibility index (Phi) is 12.3. The molecule has 0 aliphatic heterocycles. The third kappa shape index (κ3) is 10.1. The molecule has 1 rings (SSSR count). The van der Waals surface area contributed by atoms with E-state index in [2.05, 4.69) is 78.6 Å². The SMILES string of the molecule is C=C(COCc1ccccc1)C(CO[Si](C)(C)C(C)(C)C)CC(SCC)SCC. The minimum atomic E-state index is -1.78. The van der Waals surface area contributed by atoms with E-state index in [0.29, 0.717) is 23.7 Å². The second kappa shape index (κ2) is 13.3. The Morgan fingerprint density at radius 3 is 2.17 bits per heavy atom. The molecule has 0 bridgehead atoms. The van der Waals surface area contributed by atoms with Gasteiger partial charge in [0.25, 0.3) is 0 Å². The van der Waals surface area contributed by atoms with Crippen LogP contribution in [-0.2, 0) is 15.8 Å². The zero-order chi connectivity index (χ0) is 21.9. The van der Waals surface area contributed by atoms with Crippen molar-refractivity contribution in [3.05, 3.63) is 48.0 Å². The van der Waals surface area contributed by atoms with Crippen molar-refractivity contribution in [1.29, 1.82) is 0 Å². The summed E-state index contributed by atoms with van der Waals surface area (Å²) in [5.41, 5.74) is 2.37. The molecule has 5 heteroatoms. The van der Waals surface area contributed by atoms with Gasteiger partial charge in [-0.15, -0.1) is 23.5 Å². The van der Waals surface area contributed by atoms with Gasteiger partial charge in [0.05, 0.1) is 17.8 Å². The topological polar surface area (TPSA) is 18.5 Å². The van der Waals surface area contributed by atoms with Gasteiger partial charge in [-0.25, -0.2) is 0 Å². The van der Waals surface area contributed by atoms with Gasteiger partial charge in [-0.1, -0.05) is 71.5 Å². The molecule has 0 saturated carbocycles. The predicted octanol–water partition coefficient (Wildman–Crippen LogP) is 7.62. The summed E-state index contributed by atoms with van der Waals surface area (Å²) in [6, 6.07) is 10.3. The van der Waals surface area contributed by atoms with Crippen LogP contribution >= 0.6 is 23.5 Å². The highest BCUT2D eigenvalue weighted by molar-refractivity contribution is 8.16. The predicted molar refractivity (Wildman–Crippen MR) is 137 cm³/mol. The highest BCUT2D eigenvalue weighted by Crippen LogP contribution is 2.38. The van der Waals surface area contributed by atoms with Crippen molar-refractivity contribution in [2.75, 3.05) is 24.7 Å². The minimum absolute atomic E-state index is 0.221. The van der Waals surface area contributed by atoms with E-state index in [-0.39, 0.29) is 5.04 Å². The van der Waals surface area contributed by atoms with Crippen molar-refractivity contribution in [3.63, 3.8) is 0 Å². The molecule has 0 spiro atoms. The normalized spacial score (nSPS) is 13.7. The maximum Gasteiger partial charge on any atom is 0.192 e. The highest BCUT2D eigenvalue weighted by Gasteiger charge is 2.38. The van der Waals surface area contributed by atoms with Gasteiger partial charge in [0.2, 0.25) is 0 Å². The number of ether oxygens (including phenoxy) is 1. The maximum absolute atomic E-state index is 6.60. The lowest BCUT2D eigenvalue weighted by molar-refractivity contribution is 0.129. The first-order valence-electron chi connectivity index (χ1n) is 10.8. The molecule has 2 nitrogen and oxygen atoms in total. The molecule has 0 heterocycles. The van der Waals surface area contributed by atoms with Crippen LogP contribution in [0.1, 0.15) is 46.6 Å². The summed E-state index contributed by atoms with van der Waals surface area (Å²) in [6.45, 7) is 22.5. The smallest absolute Gasteiger partial charge is 0.192 e. The van der Waals surface area contributed by atoms with Crippen LogP contribution < -0.4 is 0 Å². The molecule has 0 aliphatic carbocycles. The second-order valence-electron chi connectivity index (χ2n) is 8.98. The Hall–Kier alpha value is -0.203. The molecule has 0 N–H and O–H groups in total. The van der Waals surface area contributed by atoms with Crippen LogP contribution in [0.4, 0.5) is 0 Å². The van der Waals surface area contributed by atoms with Gasteiger partial charge in [-0.2, -0.15) is 0 Å². The third-order valence-electron chi connectivity index (χ3n) is 5.61. The number of rotatable bonds is 14. The summed E-state index contributed by atoms with van der Waals surface area (Å²) < 4.78 is 13.2. The molecule has 0 aromatic heterocycles. The summed E-state index contributed by atoms with van der Waals surface area (Å²) in [4.78, 5) is 0. The fourth-order valence-electron chi connectivity index (χ4n) is 2.66. The standard InChI is InChI=1S/C24H42O2S2Si/c1-9-27-23(28-10-2)16-22(19-26-29(7,8)24(4,5)6)20(3)17-25-18-21-14-12-11-13-15-21/h11-15,22-23H,3,9-10,16-19H2,1-2,4-8H3. The molecule has 0 radical (unpaired) electrons. The lowest BCUT2D eigenvalue weighted by atomic mass is 9.99. The first-order chi connectivity index (χ1) is 13.6. The molecule has 1 aromatic rings. The fraction of sp³-hybridized carbons (Fsp3) is 0.667. The third-order valence-corrected chi connectivity index (χ3v) is 12.7. The van der Waals surface area contributed by atoms with Gasteiger partial charge in [0.1, 0.15) is 0 Å². The van der Waals surface area contributed by atoms with Crippen LogP contribution in [0, 0.1) is 5.92 Å². The number of thioether (sulfide) groups is 2. The van der Waals surface area contributed by atoms with E-state index >= 15 is 0 Å². The Bertz CT molecular complexity index is 578. The van der Waals surface area contributed by atoms with Gasteiger partial charge in [0.15, 0.2) is 8.32 Å². The molecule has 0 saturated heterocycles. The van der Waals surface area contributed by atoms with E-state index in [0.717, 1.165) is 30.1 Å². The van der Waals surface area contributed by atoms with Crippen molar-refractivity contribution in [1.82, 2.24) is 0 Å². The van der Waals surface area contributed by atoms with E-state index in [9.17, 15) is 0 Å². The summed E-state index contributed by atoms with van der Waals surface area (Å²) in [6.07, 6.45) is 1.10. The van der Waals surface area contributed by atoms with Gasteiger partial charge < -0.3 is 9.16 Å². The van der Waals surface area contributed by atoms with Crippen LogP contribution in [-0.4, -0.2) is 37.6 Å². The Balaban J connectivity index is 2.74. The van der Waals surface area contributed by atoms with Crippen LogP contribution in [0.3, 0.4) is 0 Å². The molecule has 29 heavy (non-hydrogen) atoms. The first-order valence-corrected chi connectivity index (χ1v) is 15.8. The summed E-state index contributed by atoms with van der Waals surface area (Å²) in [7, 11) is -1.78. The van der Waals surface area contributed by atoms with E-state index in [1.165, 1.54) is 5.56 Å². The van der Waals surface area contributed by atoms with Crippen molar-refractivity contribution in [3.8, 4) is 0 Å². The lowest BCUT2D eigenvalue weighted by Crippen LogP contribution is -2.42. The minimum Gasteiger partial charge on any atom is -0.416 e. The fourth-order valence-corrected chi connectivity index (χ4v) is 6.39. The molecular formula is C24H42O2S2Si. The molecule has 1 aromatic carbocycles. The Morgan fingerprint density at radius 1 is 1.07 bits per heavy atom. The molecule has 0 amide bonds. The van der Waals surface area contributed by atoms with Crippen LogP contribution in [0.5, 0.6) is 0 Å². The van der Waals surface area contributed by atoms with Crippen molar-refractivity contribution in [2.45, 2.75) is 70.4 Å². The van der Waals surface area contributed by atoms with E-state index in [1.807, 2.05) is 29.6 Å². The van der Waals surface area contributed by atoms with Crippen LogP contribution in [0.25, 0.3) is 0 Å². The molecular weight excluding hydrogens is 412 g/mol. The second-order valence-corrected chi connectivity index (χ2v) is 17.0. The summed E-state index contributed by atoms with van der Waals surface area (Å²) >= 11 is 4.09. The Morgan fingerprint density at radius 2 is 1.66 bits per heavy atom. The van der Waals surface area contributed by atoms with Gasteiger partial charge in [0, 0.05) is 12.5 Å². The van der Waals surface area contributed by atoms with Gasteiger partial charge >= 0.3 is 0 Å². The molecule has 0 aliphatic rings. The van der Waals surface area contributed by atoms with E-state index in [4.69, 9.17) is 9.16 Å². The molecule has 0 fully saturated rings. The monoisotopic (exact) mass is 454 g/mol. The summed E-state index contributed by atoms with van der Waals surface area (Å²) in [5.74, 6) is 2.62. The molecule has 1 unspecified atom stereocenters. The van der Waals surface area contributed by atoms with Crippen molar-refractivity contribution >= 4 is 31.8 Å². The van der Waals surface area contributed by atoms with Crippen LogP contribution in [0.2, 0.25) is 18.1 Å². The highest BCUT2D eigenvalue weighted by atomic mass is 32.2. The van der Waals surface area contributed by atoms with Crippen molar-refractivity contribution in [2.24, 2.45) is 5.92 Å². The van der Waals surface area contributed by atoms with Gasteiger partial charge in [-0.05, 0) is 47.2 Å². The zero-order valence-electron chi connectivity index (χ0n) is 19.6. The van der Waals surface area contributed by atoms with Crippen LogP contribution in [0.15, 0.2) is 42.5 Å². The number of hydrogen-bond acceptors (Lipinski definition) is 4. The number of benzene rings is 1. The quantitative estimate of drug-likeness (QED) is 0.163.